The summed E-state index contributed by atoms with van der Waals surface area (Å²) in [5.41, 5.74) is 2.06. The van der Waals surface area contributed by atoms with Gasteiger partial charge in [-0.05, 0) is 118 Å². The number of hydrogen-bond donors (Lipinski definition) is 4. The number of amides is 1. The summed E-state index contributed by atoms with van der Waals surface area (Å²) >= 11 is 0. The van der Waals surface area contributed by atoms with Crippen molar-refractivity contribution in [3.05, 3.63) is 27.8 Å². The van der Waals surface area contributed by atoms with E-state index in [2.05, 4.69) is 31.3 Å². The van der Waals surface area contributed by atoms with E-state index in [0.29, 0.717) is 48.2 Å². The van der Waals surface area contributed by atoms with Crippen LogP contribution >= 0.6 is 0 Å². The monoisotopic (exact) mass is 556 g/mol. The Morgan fingerprint density at radius 1 is 1.15 bits per heavy atom. The molecule has 4 N–H and O–H groups in total. The lowest BCUT2D eigenvalue weighted by Crippen LogP contribution is -2.58. The van der Waals surface area contributed by atoms with Gasteiger partial charge in [-0.15, -0.1) is 0 Å². The Bertz CT molecular complexity index is 1210. The predicted octanol–water partition coefficient (Wildman–Crippen LogP) is 4.90. The van der Waals surface area contributed by atoms with Gasteiger partial charge in [-0.3, -0.25) is 4.79 Å². The number of aryl methyl sites for hydroxylation is 1. The van der Waals surface area contributed by atoms with E-state index >= 15 is 0 Å². The van der Waals surface area contributed by atoms with E-state index in [9.17, 15) is 24.9 Å². The highest BCUT2D eigenvalue weighted by Crippen LogP contribution is 2.68. The highest BCUT2D eigenvalue weighted by Gasteiger charge is 2.63. The first-order valence-electron chi connectivity index (χ1n) is 15.4. The molecule has 4 fully saturated rings. The molecule has 0 saturated heterocycles. The van der Waals surface area contributed by atoms with Crippen molar-refractivity contribution in [2.75, 3.05) is 0 Å². The van der Waals surface area contributed by atoms with Gasteiger partial charge < -0.3 is 19.7 Å². The van der Waals surface area contributed by atoms with Crippen LogP contribution in [0.2, 0.25) is 0 Å². The van der Waals surface area contributed by atoms with Crippen molar-refractivity contribution in [1.82, 2.24) is 5.43 Å². The summed E-state index contributed by atoms with van der Waals surface area (Å²) in [6.07, 6.45) is 8.87. The van der Waals surface area contributed by atoms with Crippen molar-refractivity contribution < 1.29 is 24.5 Å². The lowest BCUT2D eigenvalue weighted by molar-refractivity contribution is -0.174. The summed E-state index contributed by atoms with van der Waals surface area (Å²) in [6.45, 7) is 10.1. The first-order valence-corrected chi connectivity index (χ1v) is 15.4. The molecular formula is C32H48N2O6. The topological polar surface area (TPSA) is 132 Å². The second kappa shape index (κ2) is 10.9. The summed E-state index contributed by atoms with van der Waals surface area (Å²) in [4.78, 5) is 24.8. The van der Waals surface area contributed by atoms with Gasteiger partial charge >= 0.3 is 5.63 Å². The second-order valence-corrected chi connectivity index (χ2v) is 14.0. The molecule has 40 heavy (non-hydrogen) atoms. The molecule has 1 aromatic rings. The Balaban J connectivity index is 1.22. The number of carbonyl (C=O) groups is 1. The lowest BCUT2D eigenvalue weighted by atomic mass is 9.43. The molecule has 8 heteroatoms. The molecule has 1 aromatic heterocycles. The number of nitrogens with one attached hydrogen (secondary N) is 1. The van der Waals surface area contributed by atoms with E-state index in [4.69, 9.17) is 4.42 Å². The first-order chi connectivity index (χ1) is 18.9. The minimum Gasteiger partial charge on any atom is -0.507 e. The fourth-order valence-electron chi connectivity index (χ4n) is 9.91. The Hall–Kier alpha value is -2.19. The summed E-state index contributed by atoms with van der Waals surface area (Å²) in [5.74, 6) is 2.72. The summed E-state index contributed by atoms with van der Waals surface area (Å²) in [7, 11) is 0. The summed E-state index contributed by atoms with van der Waals surface area (Å²) < 4.78 is 5.04. The number of aromatic hydroxyl groups is 1. The van der Waals surface area contributed by atoms with Gasteiger partial charge in [-0.25, -0.2) is 10.2 Å². The van der Waals surface area contributed by atoms with Crippen LogP contribution in [0, 0.1) is 53.3 Å². The van der Waals surface area contributed by atoms with E-state index in [1.165, 1.54) is 18.9 Å². The number of aliphatic hydroxyl groups excluding tert-OH is 2. The zero-order valence-electron chi connectivity index (χ0n) is 24.8. The van der Waals surface area contributed by atoms with Crippen LogP contribution in [-0.4, -0.2) is 39.1 Å². The molecule has 1 heterocycles. The third-order valence-electron chi connectivity index (χ3n) is 12.1. The van der Waals surface area contributed by atoms with Crippen LogP contribution in [0.4, 0.5) is 0 Å². The van der Waals surface area contributed by atoms with Gasteiger partial charge in [0.1, 0.15) is 17.1 Å². The van der Waals surface area contributed by atoms with Gasteiger partial charge in [0.05, 0.1) is 17.9 Å². The quantitative estimate of drug-likeness (QED) is 0.291. The van der Waals surface area contributed by atoms with Crippen LogP contribution in [0.15, 0.2) is 20.4 Å². The van der Waals surface area contributed by atoms with Crippen molar-refractivity contribution in [3.8, 4) is 5.75 Å². The van der Waals surface area contributed by atoms with Crippen LogP contribution in [-0.2, 0) is 4.79 Å². The first kappa shape index (κ1) is 29.3. The Kier molecular flexibility index (Phi) is 7.99. The normalized spacial score (nSPS) is 40.1. The molecule has 4 aliphatic rings. The fraction of sp³-hybridized carbons (Fsp3) is 0.781. The standard InChI is InChI=1S/C32H48N2O6/c1-17(6-11-28(38)34-33-19(3)29-26(36)14-18(2)40-30(29)39)23-9-10-24-22-8-7-20-15-21(35)12-13-31(20,4)25(22)16-27(37)32(23,24)5/h14,17,20-25,27,35-37H,6-13,15-16H2,1-5H3,(H,34,38)/b33-19+/t17?,20?,21-,22?,23?,24?,25?,27+,31+,32-/m1/s1. The Morgan fingerprint density at radius 3 is 2.62 bits per heavy atom. The van der Waals surface area contributed by atoms with E-state index < -0.39 is 5.63 Å². The molecule has 0 radical (unpaired) electrons. The number of carbonyl (C=O) groups excluding carboxylic acids is 1. The molecule has 0 spiro atoms. The molecule has 1 amide bonds. The zero-order valence-corrected chi connectivity index (χ0v) is 24.8. The van der Waals surface area contributed by atoms with Crippen molar-refractivity contribution in [2.45, 2.75) is 111 Å². The van der Waals surface area contributed by atoms with Crippen LogP contribution in [0.3, 0.4) is 0 Å². The van der Waals surface area contributed by atoms with Gasteiger partial charge in [-0.1, -0.05) is 20.8 Å². The zero-order chi connectivity index (χ0) is 29.0. The van der Waals surface area contributed by atoms with Gasteiger partial charge in [-0.2, -0.15) is 5.10 Å². The molecule has 8 nitrogen and oxygen atoms in total. The van der Waals surface area contributed by atoms with Crippen molar-refractivity contribution in [2.24, 2.45) is 51.4 Å². The minimum atomic E-state index is -0.692. The maximum Gasteiger partial charge on any atom is 0.348 e. The molecule has 5 rings (SSSR count). The third-order valence-corrected chi connectivity index (χ3v) is 12.1. The van der Waals surface area contributed by atoms with Gasteiger partial charge in [0.15, 0.2) is 0 Å². The smallest absolute Gasteiger partial charge is 0.348 e. The molecule has 4 saturated carbocycles. The van der Waals surface area contributed by atoms with Crippen molar-refractivity contribution >= 4 is 11.6 Å². The largest absolute Gasteiger partial charge is 0.507 e. The summed E-state index contributed by atoms with van der Waals surface area (Å²) in [5, 5.41) is 36.2. The maximum atomic E-state index is 12.7. The molecule has 6 unspecified atom stereocenters. The van der Waals surface area contributed by atoms with E-state index in [1.54, 1.807) is 13.8 Å². The molecule has 222 valence electrons. The molecule has 0 bridgehead atoms. The van der Waals surface area contributed by atoms with Crippen molar-refractivity contribution in [3.63, 3.8) is 0 Å². The van der Waals surface area contributed by atoms with Gasteiger partial charge in [0.2, 0.25) is 5.91 Å². The predicted molar refractivity (Wildman–Crippen MR) is 153 cm³/mol. The number of aliphatic hydroxyl groups is 2. The average molecular weight is 557 g/mol. The molecule has 0 aromatic carbocycles. The summed E-state index contributed by atoms with van der Waals surface area (Å²) in [6, 6.07) is 1.35. The Morgan fingerprint density at radius 2 is 1.90 bits per heavy atom. The number of hydrogen-bond acceptors (Lipinski definition) is 7. The maximum absolute atomic E-state index is 12.7. The highest BCUT2D eigenvalue weighted by molar-refractivity contribution is 6.01. The third kappa shape index (κ3) is 4.93. The fourth-order valence-corrected chi connectivity index (χ4v) is 9.91. The molecule has 4 aliphatic carbocycles. The SMILES string of the molecule is C/C(=N\NC(=O)CCC(C)C1CCC2C3CCC4C[C@H](O)CC[C@]4(C)C3C[C@H](O)[C@]12C)c1c(O)cc(C)oc1=O. The van der Waals surface area contributed by atoms with Crippen molar-refractivity contribution in [1.29, 1.82) is 0 Å². The van der Waals surface area contributed by atoms with Gasteiger partial charge in [0.25, 0.3) is 0 Å². The number of nitrogens with zero attached hydrogens (tertiary/aromatic N) is 1. The number of fused-ring (bicyclic) bond motifs is 5. The number of hydrazone groups is 1. The van der Waals surface area contributed by atoms with E-state index in [-0.39, 0.29) is 51.9 Å². The number of rotatable bonds is 6. The second-order valence-electron chi connectivity index (χ2n) is 14.0. The van der Waals surface area contributed by atoms with Crippen LogP contribution in [0.1, 0.15) is 103 Å². The average Bonchev–Trinajstić information content (AvgIpc) is 3.25. The van der Waals surface area contributed by atoms with Crippen LogP contribution in [0.25, 0.3) is 0 Å². The molecule has 10 atom stereocenters. The lowest BCUT2D eigenvalue weighted by Gasteiger charge is -2.62. The van der Waals surface area contributed by atoms with Gasteiger partial charge in [0, 0.05) is 12.5 Å². The Labute approximate surface area is 237 Å². The van der Waals surface area contributed by atoms with E-state index in [1.807, 2.05) is 0 Å². The van der Waals surface area contributed by atoms with Crippen LogP contribution < -0.4 is 11.1 Å². The van der Waals surface area contributed by atoms with E-state index in [0.717, 1.165) is 38.5 Å². The highest BCUT2D eigenvalue weighted by atomic mass is 16.4. The van der Waals surface area contributed by atoms with Crippen LogP contribution in [0.5, 0.6) is 5.75 Å². The molecular weight excluding hydrogens is 508 g/mol. The molecule has 0 aliphatic heterocycles. The minimum absolute atomic E-state index is 0.0546.